The first-order valence-corrected chi connectivity index (χ1v) is 2.15. The predicted molar refractivity (Wildman–Crippen MR) is 28.6 cm³/mol. The number of hydrogen-bond donors (Lipinski definition) is 0. The second-order valence-corrected chi connectivity index (χ2v) is 1.77. The van der Waals surface area contributed by atoms with Crippen LogP contribution in [-0.4, -0.2) is 13.6 Å². The first-order chi connectivity index (χ1) is 2.64. The second-order valence-electron chi connectivity index (χ2n) is 1.77. The van der Waals surface area contributed by atoms with Gasteiger partial charge in [-0.15, -0.1) is 0 Å². The van der Waals surface area contributed by atoms with E-state index in [9.17, 15) is 4.79 Å². The van der Waals surface area contributed by atoms with Gasteiger partial charge in [0.15, 0.2) is 0 Å². The van der Waals surface area contributed by atoms with E-state index in [-0.39, 0.29) is 11.6 Å². The molecule has 0 radical (unpaired) electrons. The third-order valence-electron chi connectivity index (χ3n) is 0.813. The molecule has 34 valence electrons. The van der Waals surface area contributed by atoms with Gasteiger partial charge in [0.05, 0.1) is 0 Å². The molecule has 0 saturated heterocycles. The number of ketones is 1. The number of rotatable bonds is 1. The van der Waals surface area contributed by atoms with E-state index in [1.165, 1.54) is 0 Å². The fraction of sp³-hybridized carbons (Fsp3) is 0.750. The lowest BCUT2D eigenvalue weighted by Crippen LogP contribution is -1.96. The normalized spacial score (nSPS) is 13.7. The van der Waals surface area contributed by atoms with Gasteiger partial charge in [-0.3, -0.25) is 0 Å². The number of carbonyl (C=O) groups excluding carboxylic acids is 1. The van der Waals surface area contributed by atoms with Crippen LogP contribution in [0.5, 0.6) is 0 Å². The van der Waals surface area contributed by atoms with Crippen molar-refractivity contribution in [2.24, 2.45) is 0 Å². The lowest BCUT2D eigenvalue weighted by molar-refractivity contribution is -0.116. The molecular weight excluding hydrogens is 74.9 g/mol. The Morgan fingerprint density at radius 2 is 2.00 bits per heavy atom. The minimum Gasteiger partial charge on any atom is -0.301 e. The Kier molecular flexibility index (Phi) is 1.92. The van der Waals surface area contributed by atoms with Crippen LogP contribution >= 0.6 is 0 Å². The van der Waals surface area contributed by atoms with Crippen LogP contribution < -0.4 is 0 Å². The summed E-state index contributed by atoms with van der Waals surface area (Å²) >= 11 is 0. The lowest BCUT2D eigenvalue weighted by Gasteiger charge is -1.90. The summed E-state index contributed by atoms with van der Waals surface area (Å²) in [5.41, 5.74) is 0. The van der Waals surface area contributed by atoms with E-state index in [2.05, 4.69) is 0 Å². The predicted octanol–water partition coefficient (Wildman–Crippen LogP) is 0.0169. The molecule has 0 aromatic carbocycles. The van der Waals surface area contributed by atoms with E-state index in [0.717, 1.165) is 0 Å². The average Bonchev–Trinajstić information content (AvgIpc) is 1.36. The fourth-order valence-electron chi connectivity index (χ4n) is 0. The van der Waals surface area contributed by atoms with Gasteiger partial charge >= 0.3 is 0 Å². The van der Waals surface area contributed by atoms with Gasteiger partial charge in [0.25, 0.3) is 0 Å². The first-order valence-electron chi connectivity index (χ1n) is 2.15. The van der Waals surface area contributed by atoms with Gasteiger partial charge in [0, 0.05) is 0 Å². The Morgan fingerprint density at radius 1 is 1.83 bits per heavy atom. The number of hydrogen-bond acceptors (Lipinski definition) is 1. The van der Waals surface area contributed by atoms with Crippen LogP contribution in [0.25, 0.3) is 0 Å². The molecule has 0 spiro atoms. The van der Waals surface area contributed by atoms with Gasteiger partial charge in [-0.1, -0.05) is 6.92 Å². The van der Waals surface area contributed by atoms with Crippen molar-refractivity contribution >= 4 is 13.6 Å². The minimum atomic E-state index is 0.213. The molecule has 2 heteroatoms. The Hall–Kier alpha value is -0.265. The molecule has 0 fully saturated rings. The van der Waals surface area contributed by atoms with Crippen LogP contribution in [0, 0.1) is 0 Å². The number of Topliss-reactive ketones (excluding diaryl/α,β-unsaturated/α-hetero) is 1. The smallest absolute Gasteiger partial charge is 0.124 e. The Labute approximate surface area is 39.1 Å². The maximum atomic E-state index is 10.1. The van der Waals surface area contributed by atoms with E-state index < -0.39 is 0 Å². The molecule has 0 heterocycles. The molecule has 0 aliphatic rings. The maximum absolute atomic E-state index is 10.1. The van der Waals surface area contributed by atoms with Gasteiger partial charge in [-0.25, -0.2) is 0 Å². The lowest BCUT2D eigenvalue weighted by atomic mass is 9.87. The first kappa shape index (κ1) is 5.73. The molecule has 0 aliphatic heterocycles. The van der Waals surface area contributed by atoms with Crippen molar-refractivity contribution in [2.45, 2.75) is 19.7 Å². The van der Waals surface area contributed by atoms with Crippen LogP contribution in [0.2, 0.25) is 5.82 Å². The highest BCUT2D eigenvalue weighted by molar-refractivity contribution is 6.23. The zero-order valence-electron chi connectivity index (χ0n) is 4.49. The summed E-state index contributed by atoms with van der Waals surface area (Å²) in [7, 11) is 1.89. The van der Waals surface area contributed by atoms with Crippen molar-refractivity contribution in [1.29, 1.82) is 0 Å². The van der Waals surface area contributed by atoms with E-state index in [1.54, 1.807) is 6.92 Å². The zero-order chi connectivity index (χ0) is 5.15. The van der Waals surface area contributed by atoms with Gasteiger partial charge < -0.3 is 4.79 Å². The highest BCUT2D eigenvalue weighted by Crippen LogP contribution is 1.93. The van der Waals surface area contributed by atoms with Crippen molar-refractivity contribution in [3.63, 3.8) is 0 Å². The second kappa shape index (κ2) is 2.01. The largest absolute Gasteiger partial charge is 0.301 e. The van der Waals surface area contributed by atoms with E-state index in [1.807, 2.05) is 14.8 Å². The van der Waals surface area contributed by atoms with Crippen LogP contribution in [0.15, 0.2) is 0 Å². The van der Waals surface area contributed by atoms with Crippen molar-refractivity contribution in [1.82, 2.24) is 0 Å². The van der Waals surface area contributed by atoms with Gasteiger partial charge in [0.2, 0.25) is 0 Å². The third kappa shape index (κ3) is 2.00. The summed E-state index contributed by atoms with van der Waals surface area (Å²) in [4.78, 5) is 10.1. The van der Waals surface area contributed by atoms with Gasteiger partial charge in [-0.05, 0) is 12.7 Å². The SMILES string of the molecule is BC(C)C(C)=O. The quantitative estimate of drug-likeness (QED) is 0.409. The molecule has 0 aromatic rings. The summed E-state index contributed by atoms with van der Waals surface area (Å²) in [5.74, 6) is 0.472. The summed E-state index contributed by atoms with van der Waals surface area (Å²) in [5, 5.41) is 0. The summed E-state index contributed by atoms with van der Waals surface area (Å²) in [6, 6.07) is 0. The highest BCUT2D eigenvalue weighted by atomic mass is 16.1. The Morgan fingerprint density at radius 3 is 2.00 bits per heavy atom. The van der Waals surface area contributed by atoms with Gasteiger partial charge in [-0.2, -0.15) is 0 Å². The molecule has 0 N–H and O–H groups in total. The maximum Gasteiger partial charge on any atom is 0.124 e. The minimum absolute atomic E-state index is 0.213. The van der Waals surface area contributed by atoms with Crippen molar-refractivity contribution in [3.8, 4) is 0 Å². The summed E-state index contributed by atoms with van der Waals surface area (Å²) < 4.78 is 0. The van der Waals surface area contributed by atoms with Crippen LogP contribution in [0.1, 0.15) is 13.8 Å². The molecule has 0 amide bonds. The molecule has 1 atom stereocenters. The highest BCUT2D eigenvalue weighted by Gasteiger charge is 1.95. The summed E-state index contributed by atoms with van der Waals surface area (Å²) in [6.45, 7) is 3.49. The monoisotopic (exact) mass is 84.1 g/mol. The third-order valence-corrected chi connectivity index (χ3v) is 0.813. The topological polar surface area (TPSA) is 17.1 Å². The van der Waals surface area contributed by atoms with Crippen molar-refractivity contribution in [3.05, 3.63) is 0 Å². The Bertz CT molecular complexity index is 58.6. The van der Waals surface area contributed by atoms with Crippen LogP contribution in [-0.2, 0) is 4.79 Å². The molecule has 0 aromatic heterocycles. The van der Waals surface area contributed by atoms with E-state index in [4.69, 9.17) is 0 Å². The van der Waals surface area contributed by atoms with E-state index >= 15 is 0 Å². The molecular formula is C4H9BO. The summed E-state index contributed by atoms with van der Waals surface area (Å²) in [6.07, 6.45) is 0. The van der Waals surface area contributed by atoms with Crippen LogP contribution in [0.4, 0.5) is 0 Å². The fourth-order valence-corrected chi connectivity index (χ4v) is 0. The van der Waals surface area contributed by atoms with E-state index in [0.29, 0.717) is 0 Å². The molecule has 1 nitrogen and oxygen atoms in total. The molecule has 0 saturated carbocycles. The van der Waals surface area contributed by atoms with Crippen LogP contribution in [0.3, 0.4) is 0 Å². The molecule has 6 heavy (non-hydrogen) atoms. The molecule has 0 rings (SSSR count). The standard InChI is InChI=1S/C4H9BO/c1-3(5)4(2)6/h3H,5H2,1-2H3. The zero-order valence-corrected chi connectivity index (χ0v) is 4.49. The van der Waals surface area contributed by atoms with Gasteiger partial charge in [0.1, 0.15) is 13.6 Å². The van der Waals surface area contributed by atoms with Crippen molar-refractivity contribution < 1.29 is 4.79 Å². The Balaban J connectivity index is 3.26. The van der Waals surface area contributed by atoms with Crippen molar-refractivity contribution in [2.75, 3.05) is 0 Å². The number of carbonyl (C=O) groups is 1. The molecule has 1 unspecified atom stereocenters. The average molecular weight is 83.9 g/mol. The molecule has 0 bridgehead atoms. The molecule has 0 aliphatic carbocycles.